The summed E-state index contributed by atoms with van der Waals surface area (Å²) >= 11 is 0. The van der Waals surface area contributed by atoms with Crippen LogP contribution in [-0.4, -0.2) is 17.6 Å². The second-order valence-corrected chi connectivity index (χ2v) is 7.69. The van der Waals surface area contributed by atoms with Crippen LogP contribution in [0.4, 0.5) is 10.5 Å². The van der Waals surface area contributed by atoms with E-state index in [0.29, 0.717) is 18.4 Å². The molecule has 3 aromatic rings. The molecule has 0 aliphatic heterocycles. The van der Waals surface area contributed by atoms with Gasteiger partial charge in [0.05, 0.1) is 5.69 Å². The third kappa shape index (κ3) is 3.85. The molecule has 1 heterocycles. The van der Waals surface area contributed by atoms with Crippen molar-refractivity contribution in [3.63, 3.8) is 0 Å². The molecule has 0 spiro atoms. The van der Waals surface area contributed by atoms with Crippen molar-refractivity contribution in [2.75, 3.05) is 11.4 Å². The minimum absolute atomic E-state index is 0.314. The van der Waals surface area contributed by atoms with Crippen LogP contribution in [0.5, 0.6) is 0 Å². The number of urea groups is 1. The van der Waals surface area contributed by atoms with Crippen molar-refractivity contribution >= 4 is 22.6 Å². The number of anilines is 1. The van der Waals surface area contributed by atoms with E-state index >= 15 is 0 Å². The highest BCUT2D eigenvalue weighted by molar-refractivity contribution is 5.93. The summed E-state index contributed by atoms with van der Waals surface area (Å²) < 4.78 is 0. The molecule has 0 atom stereocenters. The first-order valence-corrected chi connectivity index (χ1v) is 9.65. The number of primary amides is 1. The molecule has 3 rings (SSSR count). The molecule has 2 amide bonds. The number of H-pyrrole nitrogens is 1. The van der Waals surface area contributed by atoms with E-state index in [1.807, 2.05) is 18.3 Å². The van der Waals surface area contributed by atoms with E-state index in [2.05, 4.69) is 63.0 Å². The molecule has 0 fully saturated rings. The summed E-state index contributed by atoms with van der Waals surface area (Å²) in [4.78, 5) is 17.5. The van der Waals surface area contributed by atoms with Crippen LogP contribution in [-0.2, 0) is 6.42 Å². The van der Waals surface area contributed by atoms with Crippen LogP contribution in [0.15, 0.2) is 48.7 Å². The van der Waals surface area contributed by atoms with Gasteiger partial charge in [-0.25, -0.2) is 4.79 Å². The van der Waals surface area contributed by atoms with Crippen molar-refractivity contribution in [1.29, 1.82) is 0 Å². The highest BCUT2D eigenvalue weighted by Gasteiger charge is 2.22. The summed E-state index contributed by atoms with van der Waals surface area (Å²) in [5.41, 5.74) is 11.5. The maximum atomic E-state index is 12.4. The van der Waals surface area contributed by atoms with Crippen molar-refractivity contribution < 1.29 is 4.79 Å². The van der Waals surface area contributed by atoms with Crippen LogP contribution in [0.2, 0.25) is 0 Å². The predicted molar refractivity (Wildman–Crippen MR) is 114 cm³/mol. The van der Waals surface area contributed by atoms with Crippen LogP contribution in [0.25, 0.3) is 10.9 Å². The van der Waals surface area contributed by atoms with Gasteiger partial charge in [0, 0.05) is 23.6 Å². The van der Waals surface area contributed by atoms with Gasteiger partial charge in [-0.2, -0.15) is 0 Å². The smallest absolute Gasteiger partial charge is 0.319 e. The molecular weight excluding hydrogens is 334 g/mol. The SMILES string of the molecule is CC(C)c1cccc(C(C)C)c1N(CCc1c[nH]c2ccccc12)C(N)=O. The summed E-state index contributed by atoms with van der Waals surface area (Å²) in [6.45, 7) is 9.17. The van der Waals surface area contributed by atoms with Crippen molar-refractivity contribution in [2.45, 2.75) is 46.0 Å². The number of hydrogen-bond acceptors (Lipinski definition) is 1. The standard InChI is InChI=1S/C23H29N3O/c1-15(2)18-9-7-10-19(16(3)4)22(18)26(23(24)27)13-12-17-14-25-21-11-6-5-8-20(17)21/h5-11,14-16,25H,12-13H2,1-4H3,(H2,24,27). The summed E-state index contributed by atoms with van der Waals surface area (Å²) in [7, 11) is 0. The molecule has 27 heavy (non-hydrogen) atoms. The van der Waals surface area contributed by atoms with E-state index in [0.717, 1.165) is 17.6 Å². The topological polar surface area (TPSA) is 62.1 Å². The normalized spacial score (nSPS) is 11.5. The molecular formula is C23H29N3O. The minimum Gasteiger partial charge on any atom is -0.361 e. The maximum absolute atomic E-state index is 12.4. The number of rotatable bonds is 6. The monoisotopic (exact) mass is 363 g/mol. The van der Waals surface area contributed by atoms with Gasteiger partial charge in [0.2, 0.25) is 0 Å². The van der Waals surface area contributed by atoms with Crippen LogP contribution in [0.3, 0.4) is 0 Å². The van der Waals surface area contributed by atoms with Gasteiger partial charge in [-0.3, -0.25) is 4.90 Å². The van der Waals surface area contributed by atoms with E-state index in [1.165, 1.54) is 22.1 Å². The van der Waals surface area contributed by atoms with Gasteiger partial charge in [0.1, 0.15) is 0 Å². The van der Waals surface area contributed by atoms with E-state index in [4.69, 9.17) is 5.73 Å². The Bertz CT molecular complexity index is 913. The van der Waals surface area contributed by atoms with Gasteiger partial charge in [-0.15, -0.1) is 0 Å². The van der Waals surface area contributed by atoms with Crippen LogP contribution < -0.4 is 10.6 Å². The van der Waals surface area contributed by atoms with Gasteiger partial charge in [0.15, 0.2) is 0 Å². The first-order valence-electron chi connectivity index (χ1n) is 9.65. The maximum Gasteiger partial charge on any atom is 0.319 e. The van der Waals surface area contributed by atoms with Crippen LogP contribution in [0.1, 0.15) is 56.2 Å². The Hall–Kier alpha value is -2.75. The number of para-hydroxylation sites is 2. The fourth-order valence-electron chi connectivity index (χ4n) is 3.73. The second kappa shape index (κ2) is 7.87. The molecule has 0 saturated carbocycles. The molecule has 4 heteroatoms. The van der Waals surface area contributed by atoms with Gasteiger partial charge in [-0.05, 0) is 41.0 Å². The van der Waals surface area contributed by atoms with Gasteiger partial charge >= 0.3 is 6.03 Å². The van der Waals surface area contributed by atoms with Gasteiger partial charge in [-0.1, -0.05) is 64.1 Å². The largest absolute Gasteiger partial charge is 0.361 e. The Morgan fingerprint density at radius 3 is 2.22 bits per heavy atom. The average Bonchev–Trinajstić information content (AvgIpc) is 3.04. The quantitative estimate of drug-likeness (QED) is 0.593. The van der Waals surface area contributed by atoms with Gasteiger partial charge in [0.25, 0.3) is 0 Å². The van der Waals surface area contributed by atoms with Gasteiger partial charge < -0.3 is 10.7 Å². The predicted octanol–water partition coefficient (Wildman–Crippen LogP) is 5.54. The number of benzene rings is 2. The number of nitrogens with two attached hydrogens (primary N) is 1. The lowest BCUT2D eigenvalue weighted by Crippen LogP contribution is -2.38. The zero-order valence-corrected chi connectivity index (χ0v) is 16.6. The first kappa shape index (κ1) is 19.0. The van der Waals surface area contributed by atoms with Crippen molar-refractivity contribution in [1.82, 2.24) is 4.98 Å². The Morgan fingerprint density at radius 2 is 1.63 bits per heavy atom. The van der Waals surface area contributed by atoms with E-state index < -0.39 is 6.03 Å². The lowest BCUT2D eigenvalue weighted by atomic mass is 9.91. The number of nitrogens with one attached hydrogen (secondary N) is 1. The molecule has 4 nitrogen and oxygen atoms in total. The number of carbonyl (C=O) groups is 1. The minimum atomic E-state index is -0.398. The molecule has 1 aromatic heterocycles. The third-order valence-electron chi connectivity index (χ3n) is 5.16. The lowest BCUT2D eigenvalue weighted by molar-refractivity contribution is 0.254. The molecule has 2 aromatic carbocycles. The van der Waals surface area contributed by atoms with Crippen LogP contribution >= 0.6 is 0 Å². The van der Waals surface area contributed by atoms with Crippen LogP contribution in [0, 0.1) is 0 Å². The summed E-state index contributed by atoms with van der Waals surface area (Å²) in [6, 6.07) is 14.1. The van der Waals surface area contributed by atoms with E-state index in [9.17, 15) is 4.79 Å². The molecule has 3 N–H and O–H groups in total. The molecule has 0 unspecified atom stereocenters. The Morgan fingerprint density at radius 1 is 1.00 bits per heavy atom. The molecule has 0 aliphatic carbocycles. The molecule has 0 aliphatic rings. The number of fused-ring (bicyclic) bond motifs is 1. The van der Waals surface area contributed by atoms with Crippen molar-refractivity contribution in [3.05, 3.63) is 65.4 Å². The highest BCUT2D eigenvalue weighted by atomic mass is 16.2. The Kier molecular flexibility index (Phi) is 5.54. The number of hydrogen-bond donors (Lipinski definition) is 2. The summed E-state index contributed by atoms with van der Waals surface area (Å²) in [5, 5.41) is 1.20. The number of aromatic amines is 1. The lowest BCUT2D eigenvalue weighted by Gasteiger charge is -2.29. The third-order valence-corrected chi connectivity index (χ3v) is 5.16. The fraction of sp³-hybridized carbons (Fsp3) is 0.348. The van der Waals surface area contributed by atoms with E-state index in [1.54, 1.807) is 4.90 Å². The molecule has 0 bridgehead atoms. The van der Waals surface area contributed by atoms with Crippen molar-refractivity contribution in [2.24, 2.45) is 5.73 Å². The summed E-state index contributed by atoms with van der Waals surface area (Å²) in [5.74, 6) is 0.627. The molecule has 0 saturated heterocycles. The first-order chi connectivity index (χ1) is 12.9. The zero-order chi connectivity index (χ0) is 19.6. The number of carbonyl (C=O) groups excluding carboxylic acids is 1. The molecule has 142 valence electrons. The fourth-order valence-corrected chi connectivity index (χ4v) is 3.73. The Labute approximate surface area is 161 Å². The second-order valence-electron chi connectivity index (χ2n) is 7.69. The zero-order valence-electron chi connectivity index (χ0n) is 16.6. The number of amides is 2. The summed E-state index contributed by atoms with van der Waals surface area (Å²) in [6.07, 6.45) is 2.78. The number of aromatic nitrogens is 1. The van der Waals surface area contributed by atoms with E-state index in [-0.39, 0.29) is 0 Å². The average molecular weight is 364 g/mol. The highest BCUT2D eigenvalue weighted by Crippen LogP contribution is 2.35. The molecule has 0 radical (unpaired) electrons. The Balaban J connectivity index is 1.98. The van der Waals surface area contributed by atoms with Crippen molar-refractivity contribution in [3.8, 4) is 0 Å². The number of nitrogens with zero attached hydrogens (tertiary/aromatic N) is 1.